The molecule has 6 nitrogen and oxygen atoms in total. The molecule has 1 heterocycles. The van der Waals surface area contributed by atoms with E-state index in [1.54, 1.807) is 39.0 Å². The molecule has 1 atom stereocenters. The highest BCUT2D eigenvalue weighted by molar-refractivity contribution is 5.91. The minimum Gasteiger partial charge on any atom is -0.481 e. The summed E-state index contributed by atoms with van der Waals surface area (Å²) in [5.41, 5.74) is 1.13. The number of carboxylic acids is 1. The minimum atomic E-state index is -0.940. The Morgan fingerprint density at radius 3 is 2.68 bits per heavy atom. The first-order valence-electron chi connectivity index (χ1n) is 6.97. The minimum absolute atomic E-state index is 0.0961. The van der Waals surface area contributed by atoms with Crippen molar-refractivity contribution < 1.29 is 19.4 Å². The zero-order chi connectivity index (χ0) is 16.5. The highest BCUT2D eigenvalue weighted by Crippen LogP contribution is 2.39. The van der Waals surface area contributed by atoms with Crippen LogP contribution in [0.4, 0.5) is 10.5 Å². The van der Waals surface area contributed by atoms with Gasteiger partial charge in [0.2, 0.25) is 0 Å². The Balaban J connectivity index is 2.35. The number of carbonyl (C=O) groups is 2. The number of nitriles is 1. The van der Waals surface area contributed by atoms with Gasteiger partial charge >= 0.3 is 12.1 Å². The van der Waals surface area contributed by atoms with Crippen molar-refractivity contribution in [1.29, 1.82) is 5.26 Å². The summed E-state index contributed by atoms with van der Waals surface area (Å²) in [6.07, 6.45) is -0.604. The summed E-state index contributed by atoms with van der Waals surface area (Å²) in [4.78, 5) is 24.8. The van der Waals surface area contributed by atoms with Crippen LogP contribution < -0.4 is 4.90 Å². The first kappa shape index (κ1) is 15.8. The molecule has 1 aliphatic heterocycles. The van der Waals surface area contributed by atoms with E-state index in [2.05, 4.69) is 0 Å². The van der Waals surface area contributed by atoms with Gasteiger partial charge in [-0.1, -0.05) is 0 Å². The normalized spacial score (nSPS) is 16.8. The molecule has 1 aliphatic rings. The first-order chi connectivity index (χ1) is 10.2. The Morgan fingerprint density at radius 2 is 2.14 bits per heavy atom. The predicted octanol–water partition coefficient (Wildman–Crippen LogP) is 2.87. The molecule has 1 unspecified atom stereocenters. The largest absolute Gasteiger partial charge is 0.481 e. The number of aliphatic carboxylic acids is 1. The maximum Gasteiger partial charge on any atom is 0.414 e. The standard InChI is InChI=1S/C16H18N2O4/c1-16(2,3)22-15(21)18-9-11(7-14(19)20)12-6-10(8-17)4-5-13(12)18/h4-6,11H,7,9H2,1-3H3,(H,19,20). The summed E-state index contributed by atoms with van der Waals surface area (Å²) in [7, 11) is 0. The van der Waals surface area contributed by atoms with Crippen molar-refractivity contribution in [1.82, 2.24) is 0 Å². The first-order valence-corrected chi connectivity index (χ1v) is 6.97. The number of nitrogens with zero attached hydrogens (tertiary/aromatic N) is 2. The summed E-state index contributed by atoms with van der Waals surface area (Å²) < 4.78 is 5.36. The second-order valence-electron chi connectivity index (χ2n) is 6.27. The summed E-state index contributed by atoms with van der Waals surface area (Å²) in [6, 6.07) is 6.95. The number of ether oxygens (including phenoxy) is 1. The fourth-order valence-corrected chi connectivity index (χ4v) is 2.49. The van der Waals surface area contributed by atoms with Crippen LogP contribution in [0.15, 0.2) is 18.2 Å². The van der Waals surface area contributed by atoms with Crippen LogP contribution >= 0.6 is 0 Å². The van der Waals surface area contributed by atoms with Gasteiger partial charge in [0.05, 0.1) is 23.7 Å². The lowest BCUT2D eigenvalue weighted by atomic mass is 9.96. The molecule has 0 aromatic heterocycles. The number of carboxylic acid groups (broad SMARTS) is 1. The van der Waals surface area contributed by atoms with Crippen molar-refractivity contribution in [2.75, 3.05) is 11.4 Å². The summed E-state index contributed by atoms with van der Waals surface area (Å²) >= 11 is 0. The zero-order valence-corrected chi connectivity index (χ0v) is 12.8. The van der Waals surface area contributed by atoms with E-state index in [1.165, 1.54) is 4.90 Å². The van der Waals surface area contributed by atoms with Gasteiger partial charge in [-0.3, -0.25) is 9.69 Å². The van der Waals surface area contributed by atoms with Crippen molar-refractivity contribution in [3.63, 3.8) is 0 Å². The Labute approximate surface area is 128 Å². The number of carbonyl (C=O) groups excluding carboxylic acids is 1. The van der Waals surface area contributed by atoms with Crippen molar-refractivity contribution in [3.05, 3.63) is 29.3 Å². The number of anilines is 1. The summed E-state index contributed by atoms with van der Waals surface area (Å²) in [6.45, 7) is 5.56. The van der Waals surface area contributed by atoms with Crippen LogP contribution in [-0.2, 0) is 9.53 Å². The molecule has 6 heteroatoms. The molecule has 1 aromatic rings. The Bertz CT molecular complexity index is 655. The topological polar surface area (TPSA) is 90.6 Å². The van der Waals surface area contributed by atoms with Crippen LogP contribution in [0, 0.1) is 11.3 Å². The van der Waals surface area contributed by atoms with Gasteiger partial charge in [-0.15, -0.1) is 0 Å². The lowest BCUT2D eigenvalue weighted by molar-refractivity contribution is -0.137. The Hall–Kier alpha value is -2.55. The van der Waals surface area contributed by atoms with Crippen molar-refractivity contribution in [3.8, 4) is 6.07 Å². The summed E-state index contributed by atoms with van der Waals surface area (Å²) in [5.74, 6) is -1.28. The Kier molecular flexibility index (Phi) is 4.09. The predicted molar refractivity (Wildman–Crippen MR) is 79.7 cm³/mol. The van der Waals surface area contributed by atoms with Gasteiger partial charge in [-0.2, -0.15) is 5.26 Å². The van der Waals surface area contributed by atoms with E-state index >= 15 is 0 Å². The lowest BCUT2D eigenvalue weighted by Crippen LogP contribution is -2.36. The van der Waals surface area contributed by atoms with Crippen LogP contribution in [0.3, 0.4) is 0 Å². The second kappa shape index (κ2) is 5.68. The fourth-order valence-electron chi connectivity index (χ4n) is 2.49. The maximum atomic E-state index is 12.3. The molecule has 22 heavy (non-hydrogen) atoms. The van der Waals surface area contributed by atoms with E-state index in [1.807, 2.05) is 6.07 Å². The average Bonchev–Trinajstić information content (AvgIpc) is 2.74. The van der Waals surface area contributed by atoms with Crippen LogP contribution in [0.5, 0.6) is 0 Å². The second-order valence-corrected chi connectivity index (χ2v) is 6.27. The third-order valence-electron chi connectivity index (χ3n) is 3.33. The van der Waals surface area contributed by atoms with Crippen LogP contribution in [0.2, 0.25) is 0 Å². The molecule has 2 rings (SSSR count). The van der Waals surface area contributed by atoms with E-state index in [9.17, 15) is 9.59 Å². The van der Waals surface area contributed by atoms with Gasteiger partial charge in [0, 0.05) is 12.5 Å². The molecule has 1 N–H and O–H groups in total. The van der Waals surface area contributed by atoms with Gasteiger partial charge < -0.3 is 9.84 Å². The van der Waals surface area contributed by atoms with E-state index in [4.69, 9.17) is 15.1 Å². The fraction of sp³-hybridized carbons (Fsp3) is 0.438. The molecule has 116 valence electrons. The third kappa shape index (κ3) is 3.37. The molecular formula is C16H18N2O4. The number of hydrogen-bond donors (Lipinski definition) is 1. The van der Waals surface area contributed by atoms with Gasteiger partial charge in [0.1, 0.15) is 5.60 Å². The number of rotatable bonds is 2. The molecule has 1 amide bonds. The van der Waals surface area contributed by atoms with Crippen LogP contribution in [-0.4, -0.2) is 29.3 Å². The van der Waals surface area contributed by atoms with Gasteiger partial charge in [-0.25, -0.2) is 4.79 Å². The molecule has 0 bridgehead atoms. The third-order valence-corrected chi connectivity index (χ3v) is 3.33. The molecule has 0 radical (unpaired) electrons. The summed E-state index contributed by atoms with van der Waals surface area (Å²) in [5, 5.41) is 18.0. The molecule has 0 aliphatic carbocycles. The van der Waals surface area contributed by atoms with Crippen LogP contribution in [0.1, 0.15) is 44.2 Å². The molecule has 0 fully saturated rings. The van der Waals surface area contributed by atoms with Crippen molar-refractivity contribution in [2.45, 2.75) is 38.7 Å². The zero-order valence-electron chi connectivity index (χ0n) is 12.8. The quantitative estimate of drug-likeness (QED) is 0.907. The van der Waals surface area contributed by atoms with Crippen molar-refractivity contribution in [2.24, 2.45) is 0 Å². The number of fused-ring (bicyclic) bond motifs is 1. The number of hydrogen-bond acceptors (Lipinski definition) is 4. The van der Waals surface area contributed by atoms with Gasteiger partial charge in [-0.05, 0) is 44.5 Å². The molecule has 0 spiro atoms. The van der Waals surface area contributed by atoms with E-state index in [-0.39, 0.29) is 18.9 Å². The van der Waals surface area contributed by atoms with Gasteiger partial charge in [0.15, 0.2) is 0 Å². The number of benzene rings is 1. The van der Waals surface area contributed by atoms with E-state index in [0.29, 0.717) is 16.8 Å². The molecule has 0 saturated carbocycles. The monoisotopic (exact) mass is 302 g/mol. The van der Waals surface area contributed by atoms with Crippen molar-refractivity contribution >= 4 is 17.7 Å². The number of amides is 1. The highest BCUT2D eigenvalue weighted by atomic mass is 16.6. The maximum absolute atomic E-state index is 12.3. The molecular weight excluding hydrogens is 284 g/mol. The molecule has 0 saturated heterocycles. The van der Waals surface area contributed by atoms with E-state index in [0.717, 1.165) is 0 Å². The smallest absolute Gasteiger partial charge is 0.414 e. The average molecular weight is 302 g/mol. The Morgan fingerprint density at radius 1 is 1.45 bits per heavy atom. The lowest BCUT2D eigenvalue weighted by Gasteiger charge is -2.25. The SMILES string of the molecule is CC(C)(C)OC(=O)N1CC(CC(=O)O)c2cc(C#N)ccc21. The van der Waals surface area contributed by atoms with Gasteiger partial charge in [0.25, 0.3) is 0 Å². The van der Waals surface area contributed by atoms with E-state index < -0.39 is 17.7 Å². The molecule has 1 aromatic carbocycles. The highest BCUT2D eigenvalue weighted by Gasteiger charge is 2.36. The van der Waals surface area contributed by atoms with Crippen LogP contribution in [0.25, 0.3) is 0 Å².